The average Bonchev–Trinajstić information content (AvgIpc) is 3.27. The molecule has 2 aromatic rings. The summed E-state index contributed by atoms with van der Waals surface area (Å²) in [6, 6.07) is 10.7. The molecule has 26 heavy (non-hydrogen) atoms. The second-order valence-corrected chi connectivity index (χ2v) is 7.32. The van der Waals surface area contributed by atoms with Gasteiger partial charge in [-0.3, -0.25) is 5.32 Å². The number of nitrogens with zero attached hydrogens (tertiary/aromatic N) is 4. The topological polar surface area (TPSA) is 72.3 Å². The van der Waals surface area contributed by atoms with Gasteiger partial charge in [-0.05, 0) is 25.8 Å². The summed E-state index contributed by atoms with van der Waals surface area (Å²) in [4.78, 5) is 19.2. The van der Waals surface area contributed by atoms with Crippen molar-refractivity contribution in [3.05, 3.63) is 42.2 Å². The summed E-state index contributed by atoms with van der Waals surface area (Å²) in [5.74, 6) is 1.13. The van der Waals surface area contributed by atoms with E-state index in [1.165, 1.54) is 11.9 Å². The lowest BCUT2D eigenvalue weighted by molar-refractivity contribution is 0.0272. The molecule has 3 heterocycles. The van der Waals surface area contributed by atoms with E-state index < -0.39 is 0 Å². The molecule has 0 aliphatic carbocycles. The maximum atomic E-state index is 13.0. The average molecular weight is 355 g/mol. The van der Waals surface area contributed by atoms with Crippen LogP contribution in [0.2, 0.25) is 0 Å². The van der Waals surface area contributed by atoms with Gasteiger partial charge in [0.25, 0.3) is 0 Å². The highest BCUT2D eigenvalue weighted by molar-refractivity contribution is 5.88. The number of nitrogens with one attached hydrogen (secondary N) is 1. The number of aromatic nitrogens is 3. The molecule has 7 nitrogen and oxygen atoms in total. The molecule has 1 N–H and O–H groups in total. The van der Waals surface area contributed by atoms with Gasteiger partial charge in [0.05, 0.1) is 12.6 Å². The fourth-order valence-corrected chi connectivity index (χ4v) is 4.17. The summed E-state index contributed by atoms with van der Waals surface area (Å²) in [5.41, 5.74) is 1.27. The van der Waals surface area contributed by atoms with E-state index in [-0.39, 0.29) is 18.1 Å². The molecule has 0 unspecified atom stereocenters. The molecule has 4 rings (SSSR count). The van der Waals surface area contributed by atoms with Gasteiger partial charge in [-0.25, -0.2) is 9.48 Å². The zero-order valence-corrected chi connectivity index (χ0v) is 15.2. The number of carbonyl (C=O) groups excluding carboxylic acids is 1. The lowest BCUT2D eigenvalue weighted by Crippen LogP contribution is -2.44. The zero-order chi connectivity index (χ0) is 18.1. The molecular formula is C19H25N5O2. The molecule has 0 bridgehead atoms. The van der Waals surface area contributed by atoms with Gasteiger partial charge in [-0.15, -0.1) is 0 Å². The van der Waals surface area contributed by atoms with Gasteiger partial charge in [0.15, 0.2) is 0 Å². The van der Waals surface area contributed by atoms with Crippen LogP contribution in [-0.2, 0) is 4.74 Å². The number of urea groups is 1. The Morgan fingerprint density at radius 2 is 2.12 bits per heavy atom. The van der Waals surface area contributed by atoms with Crippen molar-refractivity contribution < 1.29 is 9.53 Å². The maximum absolute atomic E-state index is 13.0. The van der Waals surface area contributed by atoms with Crippen LogP contribution in [0.15, 0.2) is 36.7 Å². The SMILES string of the molecule is CC(C)n1ncnc1NC(=O)N1C[C@H](c2ccccc2)[C@@H]2COCC[C@@H]21. The van der Waals surface area contributed by atoms with E-state index in [2.05, 4.69) is 39.7 Å². The molecule has 7 heteroatoms. The highest BCUT2D eigenvalue weighted by Gasteiger charge is 2.46. The van der Waals surface area contributed by atoms with E-state index in [1.54, 1.807) is 4.68 Å². The van der Waals surface area contributed by atoms with Crippen LogP contribution < -0.4 is 5.32 Å². The summed E-state index contributed by atoms with van der Waals surface area (Å²) in [6.45, 7) is 6.13. The fraction of sp³-hybridized carbons (Fsp3) is 0.526. The zero-order valence-electron chi connectivity index (χ0n) is 15.2. The first-order chi connectivity index (χ1) is 12.6. The van der Waals surface area contributed by atoms with Crippen LogP contribution in [0, 0.1) is 5.92 Å². The van der Waals surface area contributed by atoms with Crippen LogP contribution in [0.3, 0.4) is 0 Å². The smallest absolute Gasteiger partial charge is 0.324 e. The molecule has 2 aliphatic rings. The molecule has 2 fully saturated rings. The van der Waals surface area contributed by atoms with Crippen LogP contribution in [0.1, 0.15) is 37.8 Å². The second-order valence-electron chi connectivity index (χ2n) is 7.32. The first kappa shape index (κ1) is 17.0. The van der Waals surface area contributed by atoms with Crippen molar-refractivity contribution in [1.82, 2.24) is 19.7 Å². The number of ether oxygens (including phenoxy) is 1. The minimum Gasteiger partial charge on any atom is -0.381 e. The molecule has 1 aromatic carbocycles. The Bertz CT molecular complexity index is 760. The minimum atomic E-state index is -0.102. The molecule has 2 amide bonds. The lowest BCUT2D eigenvalue weighted by atomic mass is 9.84. The molecule has 2 aliphatic heterocycles. The Morgan fingerprint density at radius 3 is 2.88 bits per heavy atom. The van der Waals surface area contributed by atoms with Crippen molar-refractivity contribution in [2.45, 2.75) is 38.3 Å². The van der Waals surface area contributed by atoms with E-state index in [0.717, 1.165) is 6.42 Å². The van der Waals surface area contributed by atoms with E-state index in [9.17, 15) is 4.79 Å². The highest BCUT2D eigenvalue weighted by Crippen LogP contribution is 2.41. The van der Waals surface area contributed by atoms with Crippen LogP contribution in [-0.4, -0.2) is 51.5 Å². The van der Waals surface area contributed by atoms with Gasteiger partial charge in [0.2, 0.25) is 5.95 Å². The number of fused-ring (bicyclic) bond motifs is 1. The van der Waals surface area contributed by atoms with Gasteiger partial charge in [0, 0.05) is 31.0 Å². The van der Waals surface area contributed by atoms with E-state index in [4.69, 9.17) is 4.74 Å². The number of hydrogen-bond donors (Lipinski definition) is 1. The Balaban J connectivity index is 1.55. The van der Waals surface area contributed by atoms with Gasteiger partial charge in [-0.1, -0.05) is 30.3 Å². The van der Waals surface area contributed by atoms with Crippen molar-refractivity contribution in [3.63, 3.8) is 0 Å². The molecule has 0 radical (unpaired) electrons. The Labute approximate surface area is 153 Å². The number of amides is 2. The standard InChI is InChI=1S/C19H25N5O2/c1-13(2)24-18(20-12-21-24)22-19(25)23-10-15(14-6-4-3-5-7-14)16-11-26-9-8-17(16)23/h3-7,12-13,15-17H,8-11H2,1-2H3,(H,20,21,22,25)/t15-,16+,17+/m1/s1. The normalized spacial score (nSPS) is 25.3. The third-order valence-electron chi connectivity index (χ3n) is 5.44. The summed E-state index contributed by atoms with van der Waals surface area (Å²) in [7, 11) is 0. The van der Waals surface area contributed by atoms with Gasteiger partial charge >= 0.3 is 6.03 Å². The molecule has 2 saturated heterocycles. The number of hydrogen-bond acceptors (Lipinski definition) is 4. The first-order valence-electron chi connectivity index (χ1n) is 9.25. The Morgan fingerprint density at radius 1 is 1.31 bits per heavy atom. The number of rotatable bonds is 3. The van der Waals surface area contributed by atoms with Crippen LogP contribution in [0.25, 0.3) is 0 Å². The van der Waals surface area contributed by atoms with Crippen molar-refractivity contribution in [2.75, 3.05) is 25.1 Å². The van der Waals surface area contributed by atoms with Crippen molar-refractivity contribution in [1.29, 1.82) is 0 Å². The number of anilines is 1. The highest BCUT2D eigenvalue weighted by atomic mass is 16.5. The van der Waals surface area contributed by atoms with E-state index in [0.29, 0.717) is 37.5 Å². The molecule has 1 aromatic heterocycles. The fourth-order valence-electron chi connectivity index (χ4n) is 4.17. The third-order valence-corrected chi connectivity index (χ3v) is 5.44. The predicted molar refractivity (Wildman–Crippen MR) is 98.0 cm³/mol. The first-order valence-corrected chi connectivity index (χ1v) is 9.25. The van der Waals surface area contributed by atoms with Gasteiger partial charge in [-0.2, -0.15) is 10.1 Å². The van der Waals surface area contributed by atoms with Crippen molar-refractivity contribution in [2.24, 2.45) is 5.92 Å². The summed E-state index contributed by atoms with van der Waals surface area (Å²) in [6.07, 6.45) is 2.35. The van der Waals surface area contributed by atoms with Crippen LogP contribution >= 0.6 is 0 Å². The molecule has 138 valence electrons. The number of carbonyl (C=O) groups is 1. The molecule has 0 spiro atoms. The monoisotopic (exact) mass is 355 g/mol. The summed E-state index contributed by atoms with van der Waals surface area (Å²) >= 11 is 0. The summed E-state index contributed by atoms with van der Waals surface area (Å²) in [5, 5.41) is 7.15. The van der Waals surface area contributed by atoms with E-state index >= 15 is 0 Å². The van der Waals surface area contributed by atoms with E-state index in [1.807, 2.05) is 24.8 Å². The number of benzene rings is 1. The molecule has 0 saturated carbocycles. The Hall–Kier alpha value is -2.41. The predicted octanol–water partition coefficient (Wildman–Crippen LogP) is 2.90. The largest absolute Gasteiger partial charge is 0.381 e. The van der Waals surface area contributed by atoms with Gasteiger partial charge in [0.1, 0.15) is 6.33 Å². The van der Waals surface area contributed by atoms with Crippen molar-refractivity contribution >= 4 is 12.0 Å². The maximum Gasteiger partial charge on any atom is 0.324 e. The van der Waals surface area contributed by atoms with Gasteiger partial charge < -0.3 is 9.64 Å². The van der Waals surface area contributed by atoms with Crippen LogP contribution in [0.4, 0.5) is 10.7 Å². The quantitative estimate of drug-likeness (QED) is 0.919. The lowest BCUT2D eigenvalue weighted by Gasteiger charge is -2.32. The third kappa shape index (κ3) is 3.07. The number of likely N-dealkylation sites (tertiary alicyclic amines) is 1. The molecular weight excluding hydrogens is 330 g/mol. The summed E-state index contributed by atoms with van der Waals surface area (Å²) < 4.78 is 7.46. The van der Waals surface area contributed by atoms with Crippen molar-refractivity contribution in [3.8, 4) is 0 Å². The Kier molecular flexibility index (Phi) is 4.63. The molecule has 3 atom stereocenters. The second kappa shape index (κ2) is 7.07. The minimum absolute atomic E-state index is 0.102. The van der Waals surface area contributed by atoms with Crippen LogP contribution in [0.5, 0.6) is 0 Å².